The van der Waals surface area contributed by atoms with E-state index in [0.29, 0.717) is 23.2 Å². The van der Waals surface area contributed by atoms with E-state index < -0.39 is 0 Å². The van der Waals surface area contributed by atoms with Crippen LogP contribution in [0, 0.1) is 17.1 Å². The molecule has 1 atom stereocenters. The SMILES string of the molecule is CC(c1ccc(CCl)cc1)N1CCN(c2ccc(C#N)cc2F)CC1. The molecule has 25 heavy (non-hydrogen) atoms. The average Bonchev–Trinajstić information content (AvgIpc) is 2.67. The molecule has 2 aromatic rings. The van der Waals surface area contributed by atoms with Crippen molar-refractivity contribution in [2.75, 3.05) is 31.1 Å². The van der Waals surface area contributed by atoms with E-state index in [2.05, 4.69) is 41.0 Å². The maximum Gasteiger partial charge on any atom is 0.147 e. The number of hydrogen-bond acceptors (Lipinski definition) is 3. The molecule has 0 aromatic heterocycles. The van der Waals surface area contributed by atoms with Crippen LogP contribution < -0.4 is 4.90 Å². The summed E-state index contributed by atoms with van der Waals surface area (Å²) in [5.74, 6) is 0.209. The van der Waals surface area contributed by atoms with Crippen LogP contribution in [0.15, 0.2) is 42.5 Å². The quantitative estimate of drug-likeness (QED) is 0.763. The molecule has 5 heteroatoms. The third-order valence-corrected chi connectivity index (χ3v) is 5.20. The van der Waals surface area contributed by atoms with Gasteiger partial charge in [-0.2, -0.15) is 5.26 Å². The van der Waals surface area contributed by atoms with Crippen LogP contribution in [0.5, 0.6) is 0 Å². The standard InChI is InChI=1S/C20H21ClFN3/c1-15(18-5-2-16(13-21)3-6-18)24-8-10-25(11-9-24)20-7-4-17(14-23)12-19(20)22/h2-7,12,15H,8-11,13H2,1H3. The summed E-state index contributed by atoms with van der Waals surface area (Å²) in [6.07, 6.45) is 0. The summed E-state index contributed by atoms with van der Waals surface area (Å²) in [6, 6.07) is 15.4. The molecule has 130 valence electrons. The van der Waals surface area contributed by atoms with Gasteiger partial charge in [0.1, 0.15) is 5.82 Å². The molecule has 3 nitrogen and oxygen atoms in total. The van der Waals surface area contributed by atoms with Crippen LogP contribution in [-0.2, 0) is 5.88 Å². The number of nitriles is 1. The van der Waals surface area contributed by atoms with Crippen molar-refractivity contribution in [1.29, 1.82) is 5.26 Å². The molecule has 1 heterocycles. The molecule has 0 spiro atoms. The minimum Gasteiger partial charge on any atom is -0.367 e. The van der Waals surface area contributed by atoms with Gasteiger partial charge in [-0.3, -0.25) is 4.90 Å². The first-order valence-electron chi connectivity index (χ1n) is 8.46. The van der Waals surface area contributed by atoms with Crippen molar-refractivity contribution in [2.24, 2.45) is 0 Å². The number of rotatable bonds is 4. The Kier molecular flexibility index (Phi) is 5.57. The minimum absolute atomic E-state index is 0.317. The zero-order chi connectivity index (χ0) is 17.8. The van der Waals surface area contributed by atoms with E-state index in [9.17, 15) is 4.39 Å². The van der Waals surface area contributed by atoms with Gasteiger partial charge in [-0.25, -0.2) is 4.39 Å². The van der Waals surface area contributed by atoms with Gasteiger partial charge in [-0.05, 0) is 36.2 Å². The monoisotopic (exact) mass is 357 g/mol. The molecule has 1 aliphatic rings. The summed E-state index contributed by atoms with van der Waals surface area (Å²) in [5, 5.41) is 8.86. The highest BCUT2D eigenvalue weighted by Gasteiger charge is 2.23. The Labute approximate surface area is 153 Å². The average molecular weight is 358 g/mol. The molecule has 0 aliphatic carbocycles. The van der Waals surface area contributed by atoms with E-state index in [1.54, 1.807) is 12.1 Å². The van der Waals surface area contributed by atoms with Crippen molar-refractivity contribution >= 4 is 17.3 Å². The number of nitrogens with zero attached hydrogens (tertiary/aromatic N) is 3. The highest BCUT2D eigenvalue weighted by atomic mass is 35.5. The first kappa shape index (κ1) is 17.7. The van der Waals surface area contributed by atoms with E-state index in [0.717, 1.165) is 31.7 Å². The third kappa shape index (κ3) is 3.95. The highest BCUT2D eigenvalue weighted by Crippen LogP contribution is 2.26. The smallest absolute Gasteiger partial charge is 0.147 e. The first-order chi connectivity index (χ1) is 12.1. The second-order valence-corrected chi connectivity index (χ2v) is 6.62. The molecule has 1 unspecified atom stereocenters. The molecule has 0 radical (unpaired) electrons. The number of benzene rings is 2. The van der Waals surface area contributed by atoms with Crippen molar-refractivity contribution in [3.63, 3.8) is 0 Å². The highest BCUT2D eigenvalue weighted by molar-refractivity contribution is 6.17. The lowest BCUT2D eigenvalue weighted by Gasteiger charge is -2.39. The summed E-state index contributed by atoms with van der Waals surface area (Å²) in [5.41, 5.74) is 3.33. The van der Waals surface area contributed by atoms with Crippen molar-refractivity contribution < 1.29 is 4.39 Å². The Morgan fingerprint density at radius 3 is 2.36 bits per heavy atom. The van der Waals surface area contributed by atoms with Crippen LogP contribution in [0.4, 0.5) is 10.1 Å². The van der Waals surface area contributed by atoms with Crippen LogP contribution >= 0.6 is 11.6 Å². The predicted octanol–water partition coefficient (Wildman–Crippen LogP) is 4.32. The number of hydrogen-bond donors (Lipinski definition) is 0. The fourth-order valence-corrected chi connectivity index (χ4v) is 3.46. The van der Waals surface area contributed by atoms with Crippen molar-refractivity contribution in [3.8, 4) is 6.07 Å². The van der Waals surface area contributed by atoms with Gasteiger partial charge >= 0.3 is 0 Å². The molecule has 1 saturated heterocycles. The molecular formula is C20H21ClFN3. The molecule has 3 rings (SSSR count). The van der Waals surface area contributed by atoms with Gasteiger partial charge in [0.2, 0.25) is 0 Å². The van der Waals surface area contributed by atoms with Gasteiger partial charge in [-0.1, -0.05) is 24.3 Å². The second kappa shape index (κ2) is 7.86. The topological polar surface area (TPSA) is 30.3 Å². The summed E-state index contributed by atoms with van der Waals surface area (Å²) in [7, 11) is 0. The lowest BCUT2D eigenvalue weighted by atomic mass is 10.0. The normalized spacial score (nSPS) is 16.5. The van der Waals surface area contributed by atoms with E-state index in [1.807, 2.05) is 6.07 Å². The van der Waals surface area contributed by atoms with Crippen LogP contribution in [-0.4, -0.2) is 31.1 Å². The molecule has 0 amide bonds. The zero-order valence-corrected chi connectivity index (χ0v) is 15.0. The first-order valence-corrected chi connectivity index (χ1v) is 8.99. The molecule has 1 aliphatic heterocycles. The Morgan fingerprint density at radius 2 is 1.80 bits per heavy atom. The summed E-state index contributed by atoms with van der Waals surface area (Å²) >= 11 is 5.85. The molecule has 0 N–H and O–H groups in total. The Balaban J connectivity index is 1.64. The molecular weight excluding hydrogens is 337 g/mol. The Bertz CT molecular complexity index is 762. The third-order valence-electron chi connectivity index (χ3n) is 4.90. The summed E-state index contributed by atoms with van der Waals surface area (Å²) in [4.78, 5) is 4.46. The van der Waals surface area contributed by atoms with Crippen molar-refractivity contribution in [1.82, 2.24) is 4.90 Å². The van der Waals surface area contributed by atoms with Gasteiger partial charge in [0.05, 0.1) is 17.3 Å². The van der Waals surface area contributed by atoms with E-state index in [4.69, 9.17) is 16.9 Å². The van der Waals surface area contributed by atoms with Gasteiger partial charge in [0.25, 0.3) is 0 Å². The zero-order valence-electron chi connectivity index (χ0n) is 14.3. The molecule has 1 fully saturated rings. The number of halogens is 2. The largest absolute Gasteiger partial charge is 0.367 e. The Hall–Kier alpha value is -2.09. The van der Waals surface area contributed by atoms with E-state index in [1.165, 1.54) is 11.6 Å². The lowest BCUT2D eigenvalue weighted by molar-refractivity contribution is 0.198. The maximum atomic E-state index is 14.2. The minimum atomic E-state index is -0.322. The van der Waals surface area contributed by atoms with Gasteiger partial charge in [-0.15, -0.1) is 11.6 Å². The fraction of sp³-hybridized carbons (Fsp3) is 0.350. The predicted molar refractivity (Wildman–Crippen MR) is 99.3 cm³/mol. The van der Waals surface area contributed by atoms with Gasteiger partial charge in [0.15, 0.2) is 0 Å². The van der Waals surface area contributed by atoms with E-state index in [-0.39, 0.29) is 5.82 Å². The van der Waals surface area contributed by atoms with Crippen LogP contribution in [0.25, 0.3) is 0 Å². The van der Waals surface area contributed by atoms with Crippen LogP contribution in [0.2, 0.25) is 0 Å². The summed E-state index contributed by atoms with van der Waals surface area (Å²) < 4.78 is 14.2. The van der Waals surface area contributed by atoms with Gasteiger partial charge in [0, 0.05) is 38.1 Å². The lowest BCUT2D eigenvalue weighted by Crippen LogP contribution is -2.47. The summed E-state index contributed by atoms with van der Waals surface area (Å²) in [6.45, 7) is 5.49. The maximum absolute atomic E-state index is 14.2. The van der Waals surface area contributed by atoms with Gasteiger partial charge < -0.3 is 4.90 Å². The van der Waals surface area contributed by atoms with Crippen LogP contribution in [0.3, 0.4) is 0 Å². The van der Waals surface area contributed by atoms with Crippen molar-refractivity contribution in [3.05, 3.63) is 65.0 Å². The number of alkyl halides is 1. The number of piperazine rings is 1. The van der Waals surface area contributed by atoms with E-state index >= 15 is 0 Å². The van der Waals surface area contributed by atoms with Crippen LogP contribution in [0.1, 0.15) is 29.7 Å². The molecule has 0 bridgehead atoms. The molecule has 0 saturated carbocycles. The Morgan fingerprint density at radius 1 is 1.12 bits per heavy atom. The molecule has 2 aromatic carbocycles. The number of anilines is 1. The second-order valence-electron chi connectivity index (χ2n) is 6.35. The fourth-order valence-electron chi connectivity index (χ4n) is 3.28. The van der Waals surface area contributed by atoms with Crippen molar-refractivity contribution in [2.45, 2.75) is 18.8 Å².